The molecule has 0 saturated carbocycles. The number of aliphatic hydroxyl groups excluding tert-OH is 1. The van der Waals surface area contributed by atoms with Gasteiger partial charge in [-0.3, -0.25) is 14.9 Å². The Labute approximate surface area is 108 Å². The summed E-state index contributed by atoms with van der Waals surface area (Å²) in [5, 5.41) is 20.0. The molecule has 0 spiro atoms. The molecule has 0 aromatic heterocycles. The molecule has 0 aliphatic carbocycles. The normalized spacial score (nSPS) is 19.0. The summed E-state index contributed by atoms with van der Waals surface area (Å²) in [5.41, 5.74) is 0.0642. The number of halogens is 1. The van der Waals surface area contributed by atoms with E-state index in [4.69, 9.17) is 11.6 Å². The number of aliphatic hydroxyl groups is 1. The van der Waals surface area contributed by atoms with Crippen LogP contribution in [0.3, 0.4) is 0 Å². The average molecular weight is 271 g/mol. The lowest BCUT2D eigenvalue weighted by Gasteiger charge is -2.16. The first kappa shape index (κ1) is 12.8. The minimum absolute atomic E-state index is 0.0515. The molecule has 1 unspecified atom stereocenters. The molecule has 0 bridgehead atoms. The van der Waals surface area contributed by atoms with Crippen molar-refractivity contribution < 1.29 is 14.8 Å². The Morgan fingerprint density at radius 1 is 1.56 bits per heavy atom. The molecule has 1 fully saturated rings. The fourth-order valence-electron chi connectivity index (χ4n) is 1.89. The summed E-state index contributed by atoms with van der Waals surface area (Å²) >= 11 is 5.87. The second kappa shape index (κ2) is 4.91. The maximum absolute atomic E-state index is 12.1. The van der Waals surface area contributed by atoms with Crippen molar-refractivity contribution in [1.82, 2.24) is 4.90 Å². The molecule has 1 atom stereocenters. The van der Waals surface area contributed by atoms with Gasteiger partial charge in [0.2, 0.25) is 0 Å². The van der Waals surface area contributed by atoms with Crippen molar-refractivity contribution in [2.24, 2.45) is 0 Å². The Morgan fingerprint density at radius 3 is 2.78 bits per heavy atom. The number of non-ortho nitro benzene ring substituents is 1. The molecule has 1 saturated heterocycles. The highest BCUT2D eigenvalue weighted by molar-refractivity contribution is 6.34. The van der Waals surface area contributed by atoms with Gasteiger partial charge in [0, 0.05) is 25.2 Å². The molecule has 1 aromatic carbocycles. The molecule has 1 aromatic rings. The molecular weight excluding hydrogens is 260 g/mol. The quantitative estimate of drug-likeness (QED) is 0.651. The third-order valence-electron chi connectivity index (χ3n) is 2.84. The van der Waals surface area contributed by atoms with Gasteiger partial charge >= 0.3 is 0 Å². The van der Waals surface area contributed by atoms with Crippen molar-refractivity contribution in [3.05, 3.63) is 38.9 Å². The number of β-amino-alcohol motifs (C(OH)–C–C–N with tert-alkyl or cyclic N) is 1. The number of carbonyl (C=O) groups excluding carboxylic acids is 1. The van der Waals surface area contributed by atoms with Crippen LogP contribution in [0.25, 0.3) is 0 Å². The molecule has 2 rings (SSSR count). The zero-order valence-corrected chi connectivity index (χ0v) is 10.1. The Morgan fingerprint density at radius 2 is 2.28 bits per heavy atom. The van der Waals surface area contributed by atoms with Gasteiger partial charge in [0.1, 0.15) is 0 Å². The van der Waals surface area contributed by atoms with E-state index in [0.29, 0.717) is 13.0 Å². The summed E-state index contributed by atoms with van der Waals surface area (Å²) in [6, 6.07) is 3.74. The Bertz CT molecular complexity index is 506. The molecule has 1 aliphatic heterocycles. The maximum atomic E-state index is 12.1. The molecular formula is C11H11ClN2O4. The van der Waals surface area contributed by atoms with Crippen LogP contribution in [0.1, 0.15) is 16.8 Å². The molecule has 96 valence electrons. The van der Waals surface area contributed by atoms with Gasteiger partial charge in [0.05, 0.1) is 21.6 Å². The van der Waals surface area contributed by atoms with E-state index in [9.17, 15) is 20.0 Å². The first-order valence-corrected chi connectivity index (χ1v) is 5.78. The van der Waals surface area contributed by atoms with E-state index in [-0.39, 0.29) is 28.7 Å². The molecule has 18 heavy (non-hydrogen) atoms. The number of carbonyl (C=O) groups is 1. The maximum Gasteiger partial charge on any atom is 0.270 e. The summed E-state index contributed by atoms with van der Waals surface area (Å²) in [6.45, 7) is 0.736. The van der Waals surface area contributed by atoms with Gasteiger partial charge in [-0.25, -0.2) is 0 Å². The highest BCUT2D eigenvalue weighted by atomic mass is 35.5. The molecule has 1 heterocycles. The standard InChI is InChI=1S/C11H11ClN2O4/c12-10-5-7(14(17)18)1-2-9(10)11(16)13-4-3-8(15)6-13/h1-2,5,8,15H,3-4,6H2. The number of hydrogen-bond acceptors (Lipinski definition) is 4. The van der Waals surface area contributed by atoms with Gasteiger partial charge in [0.15, 0.2) is 0 Å². The van der Waals surface area contributed by atoms with Crippen LogP contribution in [-0.2, 0) is 0 Å². The van der Waals surface area contributed by atoms with Crippen LogP contribution >= 0.6 is 11.6 Å². The van der Waals surface area contributed by atoms with Crippen molar-refractivity contribution in [1.29, 1.82) is 0 Å². The van der Waals surface area contributed by atoms with Crippen molar-refractivity contribution in [3.8, 4) is 0 Å². The van der Waals surface area contributed by atoms with Crippen LogP contribution < -0.4 is 0 Å². The molecule has 1 amide bonds. The monoisotopic (exact) mass is 270 g/mol. The van der Waals surface area contributed by atoms with Crippen LogP contribution in [0.15, 0.2) is 18.2 Å². The van der Waals surface area contributed by atoms with Crippen LogP contribution in [-0.4, -0.2) is 40.0 Å². The second-order valence-electron chi connectivity index (χ2n) is 4.11. The first-order chi connectivity index (χ1) is 8.49. The number of likely N-dealkylation sites (tertiary alicyclic amines) is 1. The van der Waals surface area contributed by atoms with Gasteiger partial charge in [0.25, 0.3) is 11.6 Å². The third-order valence-corrected chi connectivity index (χ3v) is 3.16. The predicted octanol–water partition coefficient (Wildman–Crippen LogP) is 1.45. The lowest BCUT2D eigenvalue weighted by Crippen LogP contribution is -2.29. The highest BCUT2D eigenvalue weighted by Crippen LogP contribution is 2.24. The number of nitrogens with zero attached hydrogens (tertiary/aromatic N) is 2. The summed E-state index contributed by atoms with van der Waals surface area (Å²) < 4.78 is 0. The van der Waals surface area contributed by atoms with Crippen LogP contribution in [0, 0.1) is 10.1 Å². The van der Waals surface area contributed by atoms with Gasteiger partial charge in [-0.2, -0.15) is 0 Å². The number of nitro benzene ring substituents is 1. The van der Waals surface area contributed by atoms with Gasteiger partial charge in [-0.1, -0.05) is 11.6 Å². The first-order valence-electron chi connectivity index (χ1n) is 5.40. The van der Waals surface area contributed by atoms with E-state index in [1.807, 2.05) is 0 Å². The topological polar surface area (TPSA) is 83.7 Å². The zero-order valence-electron chi connectivity index (χ0n) is 9.38. The lowest BCUT2D eigenvalue weighted by atomic mass is 10.2. The number of nitro groups is 1. The largest absolute Gasteiger partial charge is 0.391 e. The Kier molecular flexibility index (Phi) is 3.49. The number of rotatable bonds is 2. The van der Waals surface area contributed by atoms with Crippen molar-refractivity contribution in [2.75, 3.05) is 13.1 Å². The van der Waals surface area contributed by atoms with Crippen LogP contribution in [0.2, 0.25) is 5.02 Å². The van der Waals surface area contributed by atoms with Gasteiger partial charge < -0.3 is 10.0 Å². The van der Waals surface area contributed by atoms with Gasteiger partial charge in [-0.05, 0) is 12.5 Å². The Balaban J connectivity index is 2.23. The number of hydrogen-bond donors (Lipinski definition) is 1. The van der Waals surface area contributed by atoms with E-state index < -0.39 is 11.0 Å². The molecule has 1 aliphatic rings. The van der Waals surface area contributed by atoms with E-state index >= 15 is 0 Å². The number of benzene rings is 1. The summed E-state index contributed by atoms with van der Waals surface area (Å²) in [6.07, 6.45) is 0.0295. The average Bonchev–Trinajstić information content (AvgIpc) is 2.74. The predicted molar refractivity (Wildman–Crippen MR) is 64.6 cm³/mol. The lowest BCUT2D eigenvalue weighted by molar-refractivity contribution is -0.384. The third kappa shape index (κ3) is 2.44. The highest BCUT2D eigenvalue weighted by Gasteiger charge is 2.27. The molecule has 6 nitrogen and oxygen atoms in total. The SMILES string of the molecule is O=C(c1ccc([N+](=O)[O-])cc1Cl)N1CCC(O)C1. The zero-order chi connectivity index (χ0) is 13.3. The molecule has 7 heteroatoms. The summed E-state index contributed by atoms with van der Waals surface area (Å²) in [4.78, 5) is 23.5. The molecule has 1 N–H and O–H groups in total. The minimum atomic E-state index is -0.570. The van der Waals surface area contributed by atoms with Crippen molar-refractivity contribution >= 4 is 23.2 Å². The van der Waals surface area contributed by atoms with Crippen LogP contribution in [0.5, 0.6) is 0 Å². The minimum Gasteiger partial charge on any atom is -0.391 e. The van der Waals surface area contributed by atoms with E-state index in [1.165, 1.54) is 17.0 Å². The van der Waals surface area contributed by atoms with E-state index in [0.717, 1.165) is 6.07 Å². The van der Waals surface area contributed by atoms with Crippen molar-refractivity contribution in [2.45, 2.75) is 12.5 Å². The van der Waals surface area contributed by atoms with Crippen LogP contribution in [0.4, 0.5) is 5.69 Å². The van der Waals surface area contributed by atoms with Gasteiger partial charge in [-0.15, -0.1) is 0 Å². The fourth-order valence-corrected chi connectivity index (χ4v) is 2.14. The van der Waals surface area contributed by atoms with Crippen molar-refractivity contribution in [3.63, 3.8) is 0 Å². The molecule has 0 radical (unpaired) electrons. The smallest absolute Gasteiger partial charge is 0.270 e. The van der Waals surface area contributed by atoms with E-state index in [2.05, 4.69) is 0 Å². The number of amides is 1. The summed E-state index contributed by atoms with van der Waals surface area (Å²) in [7, 11) is 0. The summed E-state index contributed by atoms with van der Waals surface area (Å²) in [5.74, 6) is -0.313. The second-order valence-corrected chi connectivity index (χ2v) is 4.52. The fraction of sp³-hybridized carbons (Fsp3) is 0.364. The van der Waals surface area contributed by atoms with E-state index in [1.54, 1.807) is 0 Å². The Hall–Kier alpha value is -1.66.